The highest BCUT2D eigenvalue weighted by molar-refractivity contribution is 7.18. The van der Waals surface area contributed by atoms with Gasteiger partial charge < -0.3 is 11.1 Å². The maximum absolute atomic E-state index is 6.15. The highest BCUT2D eigenvalue weighted by atomic mass is 32.1. The minimum Gasteiger partial charge on any atom is -0.397 e. The zero-order chi connectivity index (χ0) is 14.1. The lowest BCUT2D eigenvalue weighted by atomic mass is 9.83. The van der Waals surface area contributed by atoms with Crippen LogP contribution in [0, 0.1) is 18.8 Å². The third-order valence-electron chi connectivity index (χ3n) is 4.38. The van der Waals surface area contributed by atoms with Crippen molar-refractivity contribution in [1.29, 1.82) is 0 Å². The molecule has 1 fully saturated rings. The summed E-state index contributed by atoms with van der Waals surface area (Å²) < 4.78 is 1.18. The Morgan fingerprint density at radius 3 is 2.80 bits per heavy atom. The summed E-state index contributed by atoms with van der Waals surface area (Å²) in [6.45, 7) is 5.43. The first-order valence-corrected chi connectivity index (χ1v) is 8.34. The van der Waals surface area contributed by atoms with E-state index in [0.29, 0.717) is 0 Å². The molecule has 4 heteroatoms. The van der Waals surface area contributed by atoms with Crippen molar-refractivity contribution >= 4 is 32.9 Å². The molecule has 0 bridgehead atoms. The number of benzene rings is 1. The lowest BCUT2D eigenvalue weighted by Gasteiger charge is -2.26. The number of nitrogen functional groups attached to an aromatic ring is 1. The van der Waals surface area contributed by atoms with E-state index in [1.807, 2.05) is 13.0 Å². The highest BCUT2D eigenvalue weighted by Crippen LogP contribution is 2.32. The summed E-state index contributed by atoms with van der Waals surface area (Å²) in [6, 6.07) is 4.14. The highest BCUT2D eigenvalue weighted by Gasteiger charge is 2.18. The molecule has 0 amide bonds. The van der Waals surface area contributed by atoms with Crippen molar-refractivity contribution in [3.63, 3.8) is 0 Å². The standard InChI is InChI=1S/C16H23N3S/c1-10-3-5-12(6-4-10)9-18-14-8-15-16(7-13(14)17)20-11(2)19-15/h7-8,10,12,18H,3-6,9,17H2,1-2H3. The SMILES string of the molecule is Cc1nc2cc(NCC3CCC(C)CC3)c(N)cc2s1. The van der Waals surface area contributed by atoms with Crippen molar-refractivity contribution in [2.45, 2.75) is 39.5 Å². The predicted molar refractivity (Wildman–Crippen MR) is 88.4 cm³/mol. The normalized spacial score (nSPS) is 23.1. The zero-order valence-electron chi connectivity index (χ0n) is 12.3. The van der Waals surface area contributed by atoms with Crippen LogP contribution >= 0.6 is 11.3 Å². The van der Waals surface area contributed by atoms with E-state index in [2.05, 4.69) is 23.3 Å². The van der Waals surface area contributed by atoms with Crippen molar-refractivity contribution in [3.05, 3.63) is 17.1 Å². The van der Waals surface area contributed by atoms with Gasteiger partial charge >= 0.3 is 0 Å². The minimum absolute atomic E-state index is 0.790. The molecule has 1 heterocycles. The number of nitrogens with one attached hydrogen (secondary N) is 1. The molecule has 108 valence electrons. The van der Waals surface area contributed by atoms with Gasteiger partial charge in [-0.25, -0.2) is 4.98 Å². The maximum Gasteiger partial charge on any atom is 0.0907 e. The molecule has 0 atom stereocenters. The van der Waals surface area contributed by atoms with Crippen LogP contribution in [0.3, 0.4) is 0 Å². The van der Waals surface area contributed by atoms with Gasteiger partial charge in [-0.1, -0.05) is 19.8 Å². The Balaban J connectivity index is 1.69. The van der Waals surface area contributed by atoms with Crippen LogP contribution in [0.15, 0.2) is 12.1 Å². The van der Waals surface area contributed by atoms with E-state index in [1.165, 1.54) is 30.4 Å². The van der Waals surface area contributed by atoms with Crippen molar-refractivity contribution in [2.75, 3.05) is 17.6 Å². The number of hydrogen-bond donors (Lipinski definition) is 2. The summed E-state index contributed by atoms with van der Waals surface area (Å²) in [5, 5.41) is 4.63. The number of nitrogens with zero attached hydrogens (tertiary/aromatic N) is 1. The Morgan fingerprint density at radius 2 is 2.05 bits per heavy atom. The Labute approximate surface area is 124 Å². The van der Waals surface area contributed by atoms with Crippen LogP contribution in [0.2, 0.25) is 0 Å². The Morgan fingerprint density at radius 1 is 1.30 bits per heavy atom. The van der Waals surface area contributed by atoms with E-state index in [1.54, 1.807) is 11.3 Å². The molecule has 3 nitrogen and oxygen atoms in total. The van der Waals surface area contributed by atoms with Gasteiger partial charge in [0.25, 0.3) is 0 Å². The molecular weight excluding hydrogens is 266 g/mol. The second kappa shape index (κ2) is 5.60. The second-order valence-electron chi connectivity index (χ2n) is 6.15. The Bertz CT molecular complexity index is 597. The second-order valence-corrected chi connectivity index (χ2v) is 7.38. The molecule has 3 rings (SSSR count). The van der Waals surface area contributed by atoms with E-state index in [9.17, 15) is 0 Å². The number of aryl methyl sites for hydroxylation is 1. The van der Waals surface area contributed by atoms with Gasteiger partial charge in [0.1, 0.15) is 0 Å². The van der Waals surface area contributed by atoms with Gasteiger partial charge in [0.2, 0.25) is 0 Å². The first kappa shape index (κ1) is 13.7. The lowest BCUT2D eigenvalue weighted by Crippen LogP contribution is -2.20. The van der Waals surface area contributed by atoms with Gasteiger partial charge in [-0.2, -0.15) is 0 Å². The predicted octanol–water partition coefficient (Wildman–Crippen LogP) is 4.43. The molecule has 1 aliphatic carbocycles. The van der Waals surface area contributed by atoms with Crippen LogP contribution in [0.4, 0.5) is 11.4 Å². The van der Waals surface area contributed by atoms with E-state index in [0.717, 1.165) is 40.3 Å². The number of nitrogens with two attached hydrogens (primary N) is 1. The van der Waals surface area contributed by atoms with Crippen LogP contribution in [0.5, 0.6) is 0 Å². The monoisotopic (exact) mass is 289 g/mol. The lowest BCUT2D eigenvalue weighted by molar-refractivity contribution is 0.300. The van der Waals surface area contributed by atoms with Gasteiger partial charge in [-0.05, 0) is 43.7 Å². The average molecular weight is 289 g/mol. The smallest absolute Gasteiger partial charge is 0.0907 e. The fourth-order valence-corrected chi connectivity index (χ4v) is 3.90. The number of rotatable bonds is 3. The number of anilines is 2. The van der Waals surface area contributed by atoms with E-state index >= 15 is 0 Å². The topological polar surface area (TPSA) is 50.9 Å². The third-order valence-corrected chi connectivity index (χ3v) is 5.32. The fraction of sp³-hybridized carbons (Fsp3) is 0.562. The van der Waals surface area contributed by atoms with Gasteiger partial charge in [-0.15, -0.1) is 11.3 Å². The quantitative estimate of drug-likeness (QED) is 0.822. The molecule has 0 saturated heterocycles. The van der Waals surface area contributed by atoms with Crippen molar-refractivity contribution in [2.24, 2.45) is 11.8 Å². The molecule has 0 unspecified atom stereocenters. The van der Waals surface area contributed by atoms with Crippen molar-refractivity contribution in [1.82, 2.24) is 4.98 Å². The zero-order valence-corrected chi connectivity index (χ0v) is 13.1. The summed E-state index contributed by atoms with van der Waals surface area (Å²) in [6.07, 6.45) is 5.41. The van der Waals surface area contributed by atoms with Gasteiger partial charge in [-0.3, -0.25) is 0 Å². The molecule has 1 saturated carbocycles. The van der Waals surface area contributed by atoms with Gasteiger partial charge in [0.15, 0.2) is 0 Å². The molecule has 0 aliphatic heterocycles. The maximum atomic E-state index is 6.15. The molecule has 1 aromatic heterocycles. The molecule has 1 aromatic carbocycles. The number of thiazole rings is 1. The summed E-state index contributed by atoms with van der Waals surface area (Å²) in [5.41, 5.74) is 9.09. The number of hydrogen-bond acceptors (Lipinski definition) is 4. The molecule has 1 aliphatic rings. The number of aromatic nitrogens is 1. The molecular formula is C16H23N3S. The molecule has 3 N–H and O–H groups in total. The van der Waals surface area contributed by atoms with Crippen LogP contribution in [0.25, 0.3) is 10.2 Å². The molecule has 0 radical (unpaired) electrons. The first-order valence-electron chi connectivity index (χ1n) is 7.52. The van der Waals surface area contributed by atoms with Crippen molar-refractivity contribution < 1.29 is 0 Å². The summed E-state index contributed by atoms with van der Waals surface area (Å²) in [4.78, 5) is 4.54. The summed E-state index contributed by atoms with van der Waals surface area (Å²) in [7, 11) is 0. The minimum atomic E-state index is 0.790. The molecule has 0 spiro atoms. The van der Waals surface area contributed by atoms with Gasteiger partial charge in [0, 0.05) is 6.54 Å². The first-order chi connectivity index (χ1) is 9.61. The van der Waals surface area contributed by atoms with Crippen LogP contribution < -0.4 is 11.1 Å². The van der Waals surface area contributed by atoms with Crippen LogP contribution in [0.1, 0.15) is 37.6 Å². The molecule has 2 aromatic rings. The van der Waals surface area contributed by atoms with E-state index in [-0.39, 0.29) is 0 Å². The third kappa shape index (κ3) is 2.90. The Kier molecular flexibility index (Phi) is 3.83. The molecule has 20 heavy (non-hydrogen) atoms. The van der Waals surface area contributed by atoms with E-state index in [4.69, 9.17) is 5.73 Å². The van der Waals surface area contributed by atoms with Crippen LogP contribution in [-0.2, 0) is 0 Å². The van der Waals surface area contributed by atoms with Crippen LogP contribution in [-0.4, -0.2) is 11.5 Å². The van der Waals surface area contributed by atoms with Gasteiger partial charge in [0.05, 0.1) is 26.6 Å². The largest absolute Gasteiger partial charge is 0.397 e. The summed E-state index contributed by atoms with van der Waals surface area (Å²) >= 11 is 1.70. The van der Waals surface area contributed by atoms with E-state index < -0.39 is 0 Å². The number of fused-ring (bicyclic) bond motifs is 1. The summed E-state index contributed by atoms with van der Waals surface area (Å²) in [5.74, 6) is 1.70. The fourth-order valence-electron chi connectivity index (χ4n) is 3.05. The Hall–Kier alpha value is -1.29. The average Bonchev–Trinajstić information content (AvgIpc) is 2.77. The van der Waals surface area contributed by atoms with Crippen molar-refractivity contribution in [3.8, 4) is 0 Å².